The van der Waals surface area contributed by atoms with Crippen molar-refractivity contribution in [1.82, 2.24) is 5.32 Å². The fourth-order valence-corrected chi connectivity index (χ4v) is 3.14. The van der Waals surface area contributed by atoms with E-state index in [0.717, 1.165) is 36.0 Å². The van der Waals surface area contributed by atoms with Gasteiger partial charge in [0, 0.05) is 17.8 Å². The molecule has 0 bridgehead atoms. The number of para-hydroxylation sites is 1. The van der Waals surface area contributed by atoms with Gasteiger partial charge in [-0.2, -0.15) is 0 Å². The molecule has 3 rings (SSSR count). The van der Waals surface area contributed by atoms with E-state index in [-0.39, 0.29) is 30.4 Å². The molecular formula is C17H23ClN2O2. The molecule has 5 heteroatoms. The van der Waals surface area contributed by atoms with Crippen molar-refractivity contribution in [2.24, 2.45) is 11.7 Å². The number of carbonyl (C=O) groups is 1. The Morgan fingerprint density at radius 2 is 2.18 bits per heavy atom. The van der Waals surface area contributed by atoms with E-state index < -0.39 is 0 Å². The van der Waals surface area contributed by atoms with Crippen molar-refractivity contribution in [2.45, 2.75) is 44.7 Å². The Bertz CT molecular complexity index is 607. The Morgan fingerprint density at radius 3 is 2.86 bits per heavy atom. The summed E-state index contributed by atoms with van der Waals surface area (Å²) in [6.07, 6.45) is 3.76. The van der Waals surface area contributed by atoms with Gasteiger partial charge < -0.3 is 15.5 Å². The molecular weight excluding hydrogens is 300 g/mol. The first-order valence-corrected chi connectivity index (χ1v) is 7.67. The molecule has 1 amide bonds. The van der Waals surface area contributed by atoms with Gasteiger partial charge in [-0.15, -0.1) is 12.4 Å². The van der Waals surface area contributed by atoms with Crippen LogP contribution in [0.5, 0.6) is 0 Å². The summed E-state index contributed by atoms with van der Waals surface area (Å²) in [5.74, 6) is 1.18. The van der Waals surface area contributed by atoms with E-state index in [2.05, 4.69) is 5.32 Å². The molecule has 3 atom stereocenters. The maximum Gasteiger partial charge on any atom is 0.220 e. The van der Waals surface area contributed by atoms with E-state index >= 15 is 0 Å². The van der Waals surface area contributed by atoms with Crippen molar-refractivity contribution in [3.63, 3.8) is 0 Å². The summed E-state index contributed by atoms with van der Waals surface area (Å²) in [6.45, 7) is 1.95. The van der Waals surface area contributed by atoms with Crippen molar-refractivity contribution >= 4 is 29.3 Å². The highest BCUT2D eigenvalue weighted by molar-refractivity contribution is 5.85. The number of rotatable bonds is 4. The second-order valence-electron chi connectivity index (χ2n) is 6.03. The summed E-state index contributed by atoms with van der Waals surface area (Å²) in [6, 6.07) is 9.91. The average molecular weight is 323 g/mol. The molecule has 0 saturated heterocycles. The van der Waals surface area contributed by atoms with Crippen LogP contribution in [-0.4, -0.2) is 11.9 Å². The first-order chi connectivity index (χ1) is 10.1. The summed E-state index contributed by atoms with van der Waals surface area (Å²) in [4.78, 5) is 12.1. The molecule has 1 heterocycles. The number of amides is 1. The van der Waals surface area contributed by atoms with E-state index in [1.165, 1.54) is 0 Å². The first kappa shape index (κ1) is 16.8. The van der Waals surface area contributed by atoms with Gasteiger partial charge in [0.05, 0.1) is 6.04 Å². The van der Waals surface area contributed by atoms with Crippen LogP contribution in [0.4, 0.5) is 0 Å². The molecule has 1 unspecified atom stereocenters. The number of fused-ring (bicyclic) bond motifs is 1. The molecule has 1 saturated carbocycles. The minimum Gasteiger partial charge on any atom is -0.459 e. The summed E-state index contributed by atoms with van der Waals surface area (Å²) in [7, 11) is 0. The monoisotopic (exact) mass is 322 g/mol. The quantitative estimate of drug-likeness (QED) is 0.904. The lowest BCUT2D eigenvalue weighted by molar-refractivity contribution is -0.122. The third kappa shape index (κ3) is 3.62. The Morgan fingerprint density at radius 1 is 1.41 bits per heavy atom. The zero-order chi connectivity index (χ0) is 14.8. The maximum absolute atomic E-state index is 12.1. The lowest BCUT2D eigenvalue weighted by Crippen LogP contribution is -2.32. The van der Waals surface area contributed by atoms with Crippen molar-refractivity contribution in [3.8, 4) is 0 Å². The molecule has 4 nitrogen and oxygen atoms in total. The number of nitrogens with two attached hydrogens (primary N) is 1. The highest BCUT2D eigenvalue weighted by atomic mass is 35.5. The maximum atomic E-state index is 12.1. The van der Waals surface area contributed by atoms with Gasteiger partial charge in [0.1, 0.15) is 11.3 Å². The summed E-state index contributed by atoms with van der Waals surface area (Å²) >= 11 is 0. The van der Waals surface area contributed by atoms with Crippen LogP contribution in [0.1, 0.15) is 44.4 Å². The Labute approximate surface area is 136 Å². The lowest BCUT2D eigenvalue weighted by atomic mass is 9.99. The van der Waals surface area contributed by atoms with Gasteiger partial charge in [0.15, 0.2) is 0 Å². The minimum atomic E-state index is -0.123. The van der Waals surface area contributed by atoms with Crippen LogP contribution in [0, 0.1) is 5.92 Å². The molecule has 0 aliphatic heterocycles. The zero-order valence-corrected chi connectivity index (χ0v) is 13.6. The van der Waals surface area contributed by atoms with E-state index in [0.29, 0.717) is 12.3 Å². The summed E-state index contributed by atoms with van der Waals surface area (Å²) < 4.78 is 5.78. The second-order valence-corrected chi connectivity index (χ2v) is 6.03. The third-order valence-electron chi connectivity index (χ3n) is 4.41. The SMILES string of the molecule is CC(NC(=O)C[C@@H]1CCC[C@H]1N)c1cc2ccccc2o1.Cl. The first-order valence-electron chi connectivity index (χ1n) is 7.67. The molecule has 22 heavy (non-hydrogen) atoms. The molecule has 3 N–H and O–H groups in total. The van der Waals surface area contributed by atoms with E-state index in [4.69, 9.17) is 10.2 Å². The van der Waals surface area contributed by atoms with Crippen LogP contribution in [0.2, 0.25) is 0 Å². The lowest BCUT2D eigenvalue weighted by Gasteiger charge is -2.17. The van der Waals surface area contributed by atoms with Crippen LogP contribution < -0.4 is 11.1 Å². The molecule has 1 aliphatic rings. The predicted molar refractivity (Wildman–Crippen MR) is 90.0 cm³/mol. The largest absolute Gasteiger partial charge is 0.459 e. The fraction of sp³-hybridized carbons (Fsp3) is 0.471. The molecule has 0 radical (unpaired) electrons. The standard InChI is InChI=1S/C17H22N2O2.ClH/c1-11(16-9-13-5-2-3-8-15(13)21-16)19-17(20)10-12-6-4-7-14(12)18;/h2-3,5,8-9,11-12,14H,4,6-7,10,18H2,1H3,(H,19,20);1H/t11?,12-,14+;/m0./s1. The Balaban J connectivity index is 0.00000176. The van der Waals surface area contributed by atoms with E-state index in [1.54, 1.807) is 0 Å². The normalized spacial score (nSPS) is 22.3. The van der Waals surface area contributed by atoms with Crippen LogP contribution in [0.25, 0.3) is 11.0 Å². The van der Waals surface area contributed by atoms with Crippen molar-refractivity contribution in [1.29, 1.82) is 0 Å². The Kier molecular flexibility index (Phi) is 5.48. The Hall–Kier alpha value is -1.52. The number of carbonyl (C=O) groups excluding carboxylic acids is 1. The number of halogens is 1. The number of hydrogen-bond acceptors (Lipinski definition) is 3. The van der Waals surface area contributed by atoms with Gasteiger partial charge in [-0.05, 0) is 37.8 Å². The van der Waals surface area contributed by atoms with Gasteiger partial charge in [-0.3, -0.25) is 4.79 Å². The van der Waals surface area contributed by atoms with E-state index in [1.807, 2.05) is 37.3 Å². The summed E-state index contributed by atoms with van der Waals surface area (Å²) in [5, 5.41) is 4.08. The fourth-order valence-electron chi connectivity index (χ4n) is 3.14. The molecule has 1 aliphatic carbocycles. The van der Waals surface area contributed by atoms with Gasteiger partial charge in [0.2, 0.25) is 5.91 Å². The third-order valence-corrected chi connectivity index (χ3v) is 4.41. The van der Waals surface area contributed by atoms with Gasteiger partial charge in [-0.25, -0.2) is 0 Å². The molecule has 120 valence electrons. The molecule has 1 aromatic heterocycles. The van der Waals surface area contributed by atoms with Crippen molar-refractivity contribution in [2.75, 3.05) is 0 Å². The topological polar surface area (TPSA) is 68.3 Å². The smallest absolute Gasteiger partial charge is 0.220 e. The average Bonchev–Trinajstić information content (AvgIpc) is 3.05. The van der Waals surface area contributed by atoms with Crippen molar-refractivity contribution in [3.05, 3.63) is 36.1 Å². The second kappa shape index (κ2) is 7.16. The summed E-state index contributed by atoms with van der Waals surface area (Å²) in [5.41, 5.74) is 6.87. The highest BCUT2D eigenvalue weighted by Crippen LogP contribution is 2.27. The van der Waals surface area contributed by atoms with Crippen LogP contribution in [0.3, 0.4) is 0 Å². The molecule has 2 aromatic rings. The van der Waals surface area contributed by atoms with Crippen LogP contribution in [0.15, 0.2) is 34.7 Å². The number of hydrogen-bond donors (Lipinski definition) is 2. The highest BCUT2D eigenvalue weighted by Gasteiger charge is 2.26. The molecule has 0 spiro atoms. The number of benzene rings is 1. The number of furan rings is 1. The molecule has 1 fully saturated rings. The molecule has 1 aromatic carbocycles. The zero-order valence-electron chi connectivity index (χ0n) is 12.7. The predicted octanol–water partition coefficient (Wildman–Crippen LogP) is 3.55. The number of nitrogens with one attached hydrogen (secondary N) is 1. The van der Waals surface area contributed by atoms with Crippen molar-refractivity contribution < 1.29 is 9.21 Å². The van der Waals surface area contributed by atoms with Crippen LogP contribution in [-0.2, 0) is 4.79 Å². The van der Waals surface area contributed by atoms with Gasteiger partial charge >= 0.3 is 0 Å². The van der Waals surface area contributed by atoms with Gasteiger partial charge in [0.25, 0.3) is 0 Å². The van der Waals surface area contributed by atoms with Gasteiger partial charge in [-0.1, -0.05) is 24.6 Å². The van der Waals surface area contributed by atoms with E-state index in [9.17, 15) is 4.79 Å². The minimum absolute atomic E-state index is 0. The van der Waals surface area contributed by atoms with Crippen LogP contribution >= 0.6 is 12.4 Å².